The Balaban J connectivity index is 1.27. The smallest absolute Gasteiger partial charge is 0.169 e. The second kappa shape index (κ2) is 6.54. The van der Waals surface area contributed by atoms with Crippen molar-refractivity contribution in [2.24, 2.45) is 46.3 Å². The van der Waals surface area contributed by atoms with E-state index in [0.717, 1.165) is 51.6 Å². The summed E-state index contributed by atoms with van der Waals surface area (Å²) in [5.41, 5.74) is 0.0146. The van der Waals surface area contributed by atoms with Gasteiger partial charge in [0, 0.05) is 30.6 Å². The van der Waals surface area contributed by atoms with Crippen LogP contribution in [0.3, 0.4) is 0 Å². The standard InChI is InChI=1S/C26H40O4/c1-15-6-9-26(29-14-15)13-21-22(30-26)11-20-18-5-4-16-10-17(27)7-8-24(16,2)19(18)12-23(28)25(20,21)3/h15-22,27H,4-14H2,1-3H3. The van der Waals surface area contributed by atoms with Crippen LogP contribution in [0.15, 0.2) is 0 Å². The lowest BCUT2D eigenvalue weighted by Crippen LogP contribution is -2.57. The third-order valence-electron chi connectivity index (χ3n) is 11.3. The summed E-state index contributed by atoms with van der Waals surface area (Å²) < 4.78 is 13.0. The Bertz CT molecular complexity index is 727. The van der Waals surface area contributed by atoms with Crippen LogP contribution in [0, 0.1) is 46.3 Å². The van der Waals surface area contributed by atoms with Gasteiger partial charge in [-0.15, -0.1) is 0 Å². The maximum Gasteiger partial charge on any atom is 0.169 e. The van der Waals surface area contributed by atoms with E-state index in [1.807, 2.05) is 0 Å². The van der Waals surface area contributed by atoms with E-state index in [9.17, 15) is 9.90 Å². The summed E-state index contributed by atoms with van der Waals surface area (Å²) in [5, 5.41) is 10.3. The maximum absolute atomic E-state index is 13.9. The lowest BCUT2D eigenvalue weighted by atomic mass is 9.44. The Hall–Kier alpha value is -0.450. The normalized spacial score (nSPS) is 60.1. The molecular formula is C26H40O4. The topological polar surface area (TPSA) is 55.8 Å². The Morgan fingerprint density at radius 2 is 1.83 bits per heavy atom. The van der Waals surface area contributed by atoms with Crippen molar-refractivity contribution in [3.63, 3.8) is 0 Å². The predicted molar refractivity (Wildman–Crippen MR) is 114 cm³/mol. The molecule has 4 aliphatic carbocycles. The van der Waals surface area contributed by atoms with Gasteiger partial charge < -0.3 is 14.6 Å². The van der Waals surface area contributed by atoms with E-state index < -0.39 is 5.79 Å². The van der Waals surface area contributed by atoms with Crippen molar-refractivity contribution in [2.45, 2.75) is 103 Å². The molecule has 4 heteroatoms. The van der Waals surface area contributed by atoms with Crippen molar-refractivity contribution >= 4 is 5.78 Å². The molecule has 4 saturated carbocycles. The van der Waals surface area contributed by atoms with Crippen LogP contribution in [0.4, 0.5) is 0 Å². The zero-order chi connectivity index (χ0) is 20.9. The first-order valence-electron chi connectivity index (χ1n) is 12.8. The fourth-order valence-electron chi connectivity index (χ4n) is 9.36. The van der Waals surface area contributed by atoms with Crippen molar-refractivity contribution in [3.8, 4) is 0 Å². The molecule has 0 aromatic carbocycles. The second-order valence-electron chi connectivity index (χ2n) is 12.6. The van der Waals surface area contributed by atoms with Gasteiger partial charge >= 0.3 is 0 Å². The van der Waals surface area contributed by atoms with Crippen molar-refractivity contribution in [2.75, 3.05) is 6.61 Å². The molecule has 0 amide bonds. The number of hydrogen-bond donors (Lipinski definition) is 1. The van der Waals surface area contributed by atoms with Crippen molar-refractivity contribution < 1.29 is 19.4 Å². The summed E-state index contributed by atoms with van der Waals surface area (Å²) in [6, 6.07) is 0. The molecule has 0 aromatic rings. The molecule has 6 rings (SSSR count). The Morgan fingerprint density at radius 3 is 2.60 bits per heavy atom. The van der Waals surface area contributed by atoms with E-state index in [2.05, 4.69) is 20.8 Å². The first-order chi connectivity index (χ1) is 14.3. The fourth-order valence-corrected chi connectivity index (χ4v) is 9.36. The average molecular weight is 417 g/mol. The van der Waals surface area contributed by atoms with E-state index in [-0.39, 0.29) is 23.0 Å². The SMILES string of the molecule is CC1CCC2(CC3C(CC4C5CCC6CC(O)CCC6(C)C5CC(=O)C34C)O2)OC1. The van der Waals surface area contributed by atoms with E-state index >= 15 is 0 Å². The van der Waals surface area contributed by atoms with Crippen LogP contribution in [-0.2, 0) is 14.3 Å². The lowest BCUT2D eigenvalue weighted by Gasteiger charge is -2.60. The highest BCUT2D eigenvalue weighted by atomic mass is 16.7. The zero-order valence-electron chi connectivity index (χ0n) is 19.1. The Kier molecular flexibility index (Phi) is 4.40. The number of fused-ring (bicyclic) bond motifs is 7. The zero-order valence-corrected chi connectivity index (χ0v) is 19.1. The van der Waals surface area contributed by atoms with Crippen molar-refractivity contribution in [3.05, 3.63) is 0 Å². The predicted octanol–water partition coefficient (Wildman–Crippen LogP) is 4.73. The minimum Gasteiger partial charge on any atom is -0.393 e. The number of aliphatic hydroxyl groups excluding tert-OH is 1. The molecule has 6 fully saturated rings. The molecule has 2 saturated heterocycles. The molecule has 1 spiro atoms. The van der Waals surface area contributed by atoms with Gasteiger partial charge in [-0.05, 0) is 80.0 Å². The summed E-state index contributed by atoms with van der Waals surface area (Å²) in [6.45, 7) is 7.80. The molecule has 4 nitrogen and oxygen atoms in total. The maximum atomic E-state index is 13.9. The number of aliphatic hydroxyl groups is 1. The molecule has 168 valence electrons. The largest absolute Gasteiger partial charge is 0.393 e. The molecule has 11 unspecified atom stereocenters. The molecule has 0 radical (unpaired) electrons. The van der Waals surface area contributed by atoms with Crippen LogP contribution in [0.5, 0.6) is 0 Å². The summed E-state index contributed by atoms with van der Waals surface area (Å²) >= 11 is 0. The third kappa shape index (κ3) is 2.59. The highest BCUT2D eigenvalue weighted by molar-refractivity contribution is 5.87. The van der Waals surface area contributed by atoms with E-state index in [4.69, 9.17) is 9.47 Å². The van der Waals surface area contributed by atoms with E-state index in [1.165, 1.54) is 19.3 Å². The number of carbonyl (C=O) groups is 1. The molecule has 30 heavy (non-hydrogen) atoms. The molecular weight excluding hydrogens is 376 g/mol. The average Bonchev–Trinajstić information content (AvgIpc) is 3.20. The molecule has 6 aliphatic rings. The van der Waals surface area contributed by atoms with Crippen LogP contribution in [0.25, 0.3) is 0 Å². The van der Waals surface area contributed by atoms with E-state index in [1.54, 1.807) is 0 Å². The first kappa shape index (κ1) is 20.2. The van der Waals surface area contributed by atoms with Gasteiger partial charge in [-0.25, -0.2) is 0 Å². The van der Waals surface area contributed by atoms with Crippen LogP contribution >= 0.6 is 0 Å². The number of ketones is 1. The third-order valence-corrected chi connectivity index (χ3v) is 11.3. The molecule has 1 N–H and O–H groups in total. The van der Waals surface area contributed by atoms with Gasteiger partial charge in [0.15, 0.2) is 5.79 Å². The summed E-state index contributed by atoms with van der Waals surface area (Å²) in [6.07, 6.45) is 10.4. The van der Waals surface area contributed by atoms with Crippen LogP contribution < -0.4 is 0 Å². The minimum absolute atomic E-state index is 0.127. The second-order valence-corrected chi connectivity index (χ2v) is 12.6. The van der Waals surface area contributed by atoms with Gasteiger partial charge in [0.2, 0.25) is 0 Å². The Morgan fingerprint density at radius 1 is 1.00 bits per heavy atom. The molecule has 11 atom stereocenters. The molecule has 2 aliphatic heterocycles. The summed E-state index contributed by atoms with van der Waals surface area (Å²) in [4.78, 5) is 13.9. The summed E-state index contributed by atoms with van der Waals surface area (Å²) in [5.74, 6) is 3.29. The fraction of sp³-hybridized carbons (Fsp3) is 0.962. The number of carbonyl (C=O) groups excluding carboxylic acids is 1. The van der Waals surface area contributed by atoms with Crippen LogP contribution in [-0.4, -0.2) is 35.5 Å². The highest BCUT2D eigenvalue weighted by Crippen LogP contribution is 2.69. The van der Waals surface area contributed by atoms with Crippen LogP contribution in [0.1, 0.15) is 85.0 Å². The first-order valence-corrected chi connectivity index (χ1v) is 12.8. The number of Topliss-reactive ketones (excluding diaryl/α,β-unsaturated/α-hetero) is 1. The van der Waals surface area contributed by atoms with Gasteiger partial charge in [0.05, 0.1) is 18.8 Å². The highest BCUT2D eigenvalue weighted by Gasteiger charge is 2.69. The van der Waals surface area contributed by atoms with Crippen LogP contribution in [0.2, 0.25) is 0 Å². The van der Waals surface area contributed by atoms with Crippen molar-refractivity contribution in [1.29, 1.82) is 0 Å². The van der Waals surface area contributed by atoms with Gasteiger partial charge in [0.1, 0.15) is 5.78 Å². The molecule has 0 aromatic heterocycles. The minimum atomic E-state index is -0.407. The Labute approximate surface area is 181 Å². The molecule has 2 heterocycles. The van der Waals surface area contributed by atoms with Gasteiger partial charge in [0.25, 0.3) is 0 Å². The number of hydrogen-bond acceptors (Lipinski definition) is 4. The lowest BCUT2D eigenvalue weighted by molar-refractivity contribution is -0.255. The van der Waals surface area contributed by atoms with Gasteiger partial charge in [-0.1, -0.05) is 20.8 Å². The quantitative estimate of drug-likeness (QED) is 0.620. The molecule has 0 bridgehead atoms. The number of ether oxygens (including phenoxy) is 2. The summed E-state index contributed by atoms with van der Waals surface area (Å²) in [7, 11) is 0. The van der Waals surface area contributed by atoms with E-state index in [0.29, 0.717) is 41.3 Å². The number of rotatable bonds is 0. The van der Waals surface area contributed by atoms with Gasteiger partial charge in [-0.3, -0.25) is 4.79 Å². The monoisotopic (exact) mass is 416 g/mol. The van der Waals surface area contributed by atoms with Gasteiger partial charge in [-0.2, -0.15) is 0 Å². The van der Waals surface area contributed by atoms with Crippen molar-refractivity contribution in [1.82, 2.24) is 0 Å².